The molecule has 3 nitrogen and oxygen atoms in total. The highest BCUT2D eigenvalue weighted by atomic mass is 32.2. The van der Waals surface area contributed by atoms with Gasteiger partial charge in [-0.25, -0.2) is 0 Å². The van der Waals surface area contributed by atoms with Gasteiger partial charge < -0.3 is 10.6 Å². The number of amides is 1. The van der Waals surface area contributed by atoms with Gasteiger partial charge in [0.25, 0.3) is 0 Å². The Kier molecular flexibility index (Phi) is 5.49. The average Bonchev–Trinajstić information content (AvgIpc) is 2.45. The Bertz CT molecular complexity index is 435. The number of hydrogen-bond acceptors (Lipinski definition) is 3. The predicted molar refractivity (Wildman–Crippen MR) is 85.7 cm³/mol. The van der Waals surface area contributed by atoms with Crippen LogP contribution in [0.1, 0.15) is 38.3 Å². The van der Waals surface area contributed by atoms with E-state index in [1.165, 1.54) is 5.56 Å². The third-order valence-corrected chi connectivity index (χ3v) is 4.97. The maximum atomic E-state index is 12.5. The molecule has 3 atom stereocenters. The summed E-state index contributed by atoms with van der Waals surface area (Å²) in [7, 11) is 0. The minimum absolute atomic E-state index is 0.0886. The second-order valence-corrected chi connectivity index (χ2v) is 7.02. The Labute approximate surface area is 125 Å². The molecule has 4 heteroatoms. The van der Waals surface area contributed by atoms with Crippen molar-refractivity contribution in [1.29, 1.82) is 0 Å². The molecule has 1 heterocycles. The summed E-state index contributed by atoms with van der Waals surface area (Å²) in [5.74, 6) is 1.26. The fraction of sp³-hybridized carbons (Fsp3) is 0.562. The summed E-state index contributed by atoms with van der Waals surface area (Å²) in [4.78, 5) is 14.5. The van der Waals surface area contributed by atoms with Crippen LogP contribution < -0.4 is 5.73 Å². The van der Waals surface area contributed by atoms with Crippen LogP contribution in [0.15, 0.2) is 30.3 Å². The van der Waals surface area contributed by atoms with E-state index in [4.69, 9.17) is 5.73 Å². The zero-order valence-corrected chi connectivity index (χ0v) is 13.1. The Morgan fingerprint density at radius 2 is 2.15 bits per heavy atom. The number of thioether (sulfide) groups is 1. The molecule has 0 aliphatic carbocycles. The van der Waals surface area contributed by atoms with Crippen LogP contribution >= 0.6 is 11.8 Å². The molecule has 0 saturated carbocycles. The third-order valence-electron chi connectivity index (χ3n) is 3.77. The SMILES string of the molecule is CC(N)CCC(=O)N1CCSC(C)C1c1ccccc1. The summed E-state index contributed by atoms with van der Waals surface area (Å²) in [6.07, 6.45) is 1.32. The van der Waals surface area contributed by atoms with Crippen LogP contribution in [-0.4, -0.2) is 34.4 Å². The van der Waals surface area contributed by atoms with E-state index in [0.717, 1.165) is 18.7 Å². The van der Waals surface area contributed by atoms with E-state index in [1.807, 2.05) is 36.9 Å². The largest absolute Gasteiger partial charge is 0.334 e. The molecular weight excluding hydrogens is 268 g/mol. The summed E-state index contributed by atoms with van der Waals surface area (Å²) in [5, 5.41) is 0.436. The first-order valence-electron chi connectivity index (χ1n) is 7.31. The number of hydrogen-bond donors (Lipinski definition) is 1. The Hall–Kier alpha value is -1.00. The Morgan fingerprint density at radius 3 is 2.80 bits per heavy atom. The third kappa shape index (κ3) is 3.76. The van der Waals surface area contributed by atoms with Crippen molar-refractivity contribution in [1.82, 2.24) is 4.90 Å². The summed E-state index contributed by atoms with van der Waals surface area (Å²) in [6.45, 7) is 5.01. The molecule has 1 aromatic carbocycles. The molecule has 2 rings (SSSR count). The molecule has 20 heavy (non-hydrogen) atoms. The molecule has 3 unspecified atom stereocenters. The fourth-order valence-corrected chi connectivity index (χ4v) is 3.86. The monoisotopic (exact) mass is 292 g/mol. The zero-order chi connectivity index (χ0) is 14.5. The van der Waals surface area contributed by atoms with E-state index in [-0.39, 0.29) is 18.0 Å². The molecule has 0 radical (unpaired) electrons. The van der Waals surface area contributed by atoms with E-state index in [2.05, 4.69) is 24.0 Å². The van der Waals surface area contributed by atoms with E-state index in [1.54, 1.807) is 0 Å². The van der Waals surface area contributed by atoms with E-state index in [0.29, 0.717) is 11.7 Å². The quantitative estimate of drug-likeness (QED) is 0.928. The van der Waals surface area contributed by atoms with Crippen LogP contribution in [0.2, 0.25) is 0 Å². The zero-order valence-electron chi connectivity index (χ0n) is 12.3. The molecule has 1 aliphatic rings. The number of carbonyl (C=O) groups is 1. The molecule has 2 N–H and O–H groups in total. The van der Waals surface area contributed by atoms with Crippen LogP contribution in [0, 0.1) is 0 Å². The lowest BCUT2D eigenvalue weighted by Gasteiger charge is -2.40. The van der Waals surface area contributed by atoms with Gasteiger partial charge in [0.15, 0.2) is 0 Å². The summed E-state index contributed by atoms with van der Waals surface area (Å²) in [6, 6.07) is 10.6. The van der Waals surface area contributed by atoms with Crippen LogP contribution in [-0.2, 0) is 4.79 Å². The number of rotatable bonds is 4. The normalized spacial score (nSPS) is 24.4. The number of nitrogens with zero attached hydrogens (tertiary/aromatic N) is 1. The molecule has 1 fully saturated rings. The smallest absolute Gasteiger partial charge is 0.223 e. The van der Waals surface area contributed by atoms with Gasteiger partial charge in [-0.1, -0.05) is 37.3 Å². The van der Waals surface area contributed by atoms with Gasteiger partial charge in [-0.15, -0.1) is 0 Å². The van der Waals surface area contributed by atoms with Crippen molar-refractivity contribution in [3.05, 3.63) is 35.9 Å². The van der Waals surface area contributed by atoms with Crippen molar-refractivity contribution in [2.45, 2.75) is 44.0 Å². The lowest BCUT2D eigenvalue weighted by atomic mass is 10.0. The number of carbonyl (C=O) groups excluding carboxylic acids is 1. The van der Waals surface area contributed by atoms with Crippen LogP contribution in [0.5, 0.6) is 0 Å². The van der Waals surface area contributed by atoms with Gasteiger partial charge >= 0.3 is 0 Å². The first-order valence-corrected chi connectivity index (χ1v) is 8.36. The molecule has 0 aromatic heterocycles. The van der Waals surface area contributed by atoms with Crippen molar-refractivity contribution in [2.75, 3.05) is 12.3 Å². The molecule has 0 spiro atoms. The Morgan fingerprint density at radius 1 is 1.45 bits per heavy atom. The fourth-order valence-electron chi connectivity index (χ4n) is 2.70. The molecule has 1 saturated heterocycles. The number of nitrogens with two attached hydrogens (primary N) is 1. The summed E-state index contributed by atoms with van der Waals surface area (Å²) in [5.41, 5.74) is 7.01. The second-order valence-electron chi connectivity index (χ2n) is 5.53. The summed E-state index contributed by atoms with van der Waals surface area (Å²) < 4.78 is 0. The van der Waals surface area contributed by atoms with Gasteiger partial charge in [0.2, 0.25) is 5.91 Å². The van der Waals surface area contributed by atoms with Gasteiger partial charge in [0, 0.05) is 30.0 Å². The highest BCUT2D eigenvalue weighted by Gasteiger charge is 2.33. The van der Waals surface area contributed by atoms with Gasteiger partial charge in [0.05, 0.1) is 6.04 Å². The van der Waals surface area contributed by atoms with Gasteiger partial charge in [-0.3, -0.25) is 4.79 Å². The molecule has 0 bridgehead atoms. The average molecular weight is 292 g/mol. The van der Waals surface area contributed by atoms with Crippen LogP contribution in [0.4, 0.5) is 0 Å². The molecule has 1 aromatic rings. The molecule has 1 amide bonds. The minimum atomic E-state index is 0.0886. The lowest BCUT2D eigenvalue weighted by molar-refractivity contribution is -0.133. The van der Waals surface area contributed by atoms with Crippen molar-refractivity contribution >= 4 is 17.7 Å². The highest BCUT2D eigenvalue weighted by Crippen LogP contribution is 2.36. The number of benzene rings is 1. The van der Waals surface area contributed by atoms with Crippen LogP contribution in [0.3, 0.4) is 0 Å². The molecule has 110 valence electrons. The van der Waals surface area contributed by atoms with Gasteiger partial charge in [0.1, 0.15) is 0 Å². The maximum Gasteiger partial charge on any atom is 0.223 e. The molecular formula is C16H24N2OS. The first kappa shape index (κ1) is 15.4. The lowest BCUT2D eigenvalue weighted by Crippen LogP contribution is -2.44. The van der Waals surface area contributed by atoms with Gasteiger partial charge in [-0.05, 0) is 18.9 Å². The van der Waals surface area contributed by atoms with Crippen molar-refractivity contribution in [2.24, 2.45) is 5.73 Å². The second kappa shape index (κ2) is 7.14. The van der Waals surface area contributed by atoms with Crippen molar-refractivity contribution in [3.63, 3.8) is 0 Å². The van der Waals surface area contributed by atoms with Crippen molar-refractivity contribution in [3.8, 4) is 0 Å². The highest BCUT2D eigenvalue weighted by molar-refractivity contribution is 8.00. The van der Waals surface area contributed by atoms with E-state index < -0.39 is 0 Å². The van der Waals surface area contributed by atoms with Gasteiger partial charge in [-0.2, -0.15) is 11.8 Å². The van der Waals surface area contributed by atoms with Crippen LogP contribution in [0.25, 0.3) is 0 Å². The topological polar surface area (TPSA) is 46.3 Å². The van der Waals surface area contributed by atoms with E-state index in [9.17, 15) is 4.79 Å². The minimum Gasteiger partial charge on any atom is -0.334 e. The summed E-state index contributed by atoms with van der Waals surface area (Å²) >= 11 is 1.95. The first-order chi connectivity index (χ1) is 9.59. The maximum absolute atomic E-state index is 12.5. The Balaban J connectivity index is 2.14. The predicted octanol–water partition coefficient (Wildman–Crippen LogP) is 2.82. The van der Waals surface area contributed by atoms with E-state index >= 15 is 0 Å². The van der Waals surface area contributed by atoms with Crippen molar-refractivity contribution < 1.29 is 4.79 Å². The molecule has 1 aliphatic heterocycles. The standard InChI is InChI=1S/C16H24N2OS/c1-12(17)8-9-15(19)18-10-11-20-13(2)16(18)14-6-4-3-5-7-14/h3-7,12-13,16H,8-11,17H2,1-2H3.